The monoisotopic (exact) mass is 224 g/mol. The van der Waals surface area contributed by atoms with E-state index in [4.69, 9.17) is 16.9 Å². The van der Waals surface area contributed by atoms with Crippen LogP contribution < -0.4 is 4.90 Å². The summed E-state index contributed by atoms with van der Waals surface area (Å²) in [5.74, 6) is 0.707. The summed E-state index contributed by atoms with van der Waals surface area (Å²) in [7, 11) is 1.88. The molecule has 1 heterocycles. The van der Waals surface area contributed by atoms with Gasteiger partial charge in [-0.15, -0.1) is 0 Å². The molecular formula is C10H13ClN4. The molecule has 5 heteroatoms. The molecule has 1 atom stereocenters. The summed E-state index contributed by atoms with van der Waals surface area (Å²) in [6.45, 7) is 4.36. The lowest BCUT2D eigenvalue weighted by molar-refractivity contribution is 0.709. The van der Waals surface area contributed by atoms with Crippen molar-refractivity contribution in [1.82, 2.24) is 9.97 Å². The van der Waals surface area contributed by atoms with E-state index in [1.165, 1.54) is 0 Å². The standard InChI is InChI=1S/C10H13ClN4/c1-7(5-12)6-15(3)9-4-8(2)13-10(11)14-9/h4,7H,6H2,1-3H3. The number of anilines is 1. The lowest BCUT2D eigenvalue weighted by Crippen LogP contribution is -2.24. The Morgan fingerprint density at radius 3 is 2.80 bits per heavy atom. The van der Waals surface area contributed by atoms with Gasteiger partial charge in [-0.3, -0.25) is 0 Å². The molecule has 0 radical (unpaired) electrons. The van der Waals surface area contributed by atoms with E-state index in [0.29, 0.717) is 6.54 Å². The Kier molecular flexibility index (Phi) is 3.87. The van der Waals surface area contributed by atoms with E-state index in [1.54, 1.807) is 0 Å². The molecule has 15 heavy (non-hydrogen) atoms. The zero-order valence-electron chi connectivity index (χ0n) is 9.03. The molecule has 0 aliphatic heterocycles. The van der Waals surface area contributed by atoms with Gasteiger partial charge in [0.2, 0.25) is 5.28 Å². The van der Waals surface area contributed by atoms with Crippen LogP contribution in [0.3, 0.4) is 0 Å². The lowest BCUT2D eigenvalue weighted by atomic mass is 10.2. The van der Waals surface area contributed by atoms with Gasteiger partial charge in [-0.05, 0) is 25.4 Å². The van der Waals surface area contributed by atoms with Gasteiger partial charge >= 0.3 is 0 Å². The van der Waals surface area contributed by atoms with Crippen LogP contribution in [-0.2, 0) is 0 Å². The molecule has 0 spiro atoms. The third-order valence-electron chi connectivity index (χ3n) is 1.97. The second kappa shape index (κ2) is 4.94. The normalized spacial score (nSPS) is 11.9. The summed E-state index contributed by atoms with van der Waals surface area (Å²) in [5, 5.41) is 8.94. The number of nitriles is 1. The van der Waals surface area contributed by atoms with Gasteiger partial charge in [0.1, 0.15) is 5.82 Å². The number of halogens is 1. The third kappa shape index (κ3) is 3.37. The average molecular weight is 225 g/mol. The van der Waals surface area contributed by atoms with Crippen molar-refractivity contribution in [1.29, 1.82) is 5.26 Å². The van der Waals surface area contributed by atoms with Crippen LogP contribution in [0.1, 0.15) is 12.6 Å². The number of aryl methyl sites for hydroxylation is 1. The predicted octanol–water partition coefficient (Wildman–Crippen LogP) is 2.03. The molecule has 0 bridgehead atoms. The highest BCUT2D eigenvalue weighted by molar-refractivity contribution is 6.28. The molecule has 0 saturated carbocycles. The van der Waals surface area contributed by atoms with Crippen molar-refractivity contribution in [3.8, 4) is 6.07 Å². The maximum Gasteiger partial charge on any atom is 0.224 e. The van der Waals surface area contributed by atoms with E-state index in [2.05, 4.69) is 16.0 Å². The quantitative estimate of drug-likeness (QED) is 0.738. The molecule has 80 valence electrons. The number of aromatic nitrogens is 2. The summed E-state index contributed by atoms with van der Waals surface area (Å²) in [4.78, 5) is 9.97. The van der Waals surface area contributed by atoms with Crippen molar-refractivity contribution in [3.63, 3.8) is 0 Å². The highest BCUT2D eigenvalue weighted by Crippen LogP contribution is 2.14. The van der Waals surface area contributed by atoms with Crippen LogP contribution in [0.15, 0.2) is 6.07 Å². The molecule has 1 aromatic rings. The molecular weight excluding hydrogens is 212 g/mol. The fourth-order valence-electron chi connectivity index (χ4n) is 1.26. The second-order valence-electron chi connectivity index (χ2n) is 3.55. The Morgan fingerprint density at radius 2 is 2.27 bits per heavy atom. The largest absolute Gasteiger partial charge is 0.358 e. The maximum atomic E-state index is 8.70. The topological polar surface area (TPSA) is 52.8 Å². The van der Waals surface area contributed by atoms with Gasteiger partial charge in [-0.25, -0.2) is 9.97 Å². The molecule has 0 fully saturated rings. The minimum Gasteiger partial charge on any atom is -0.358 e. The summed E-state index contributed by atoms with van der Waals surface area (Å²) in [6.07, 6.45) is 0. The van der Waals surface area contributed by atoms with Gasteiger partial charge in [0.25, 0.3) is 0 Å². The van der Waals surface area contributed by atoms with Crippen molar-refractivity contribution >= 4 is 17.4 Å². The smallest absolute Gasteiger partial charge is 0.224 e. The van der Waals surface area contributed by atoms with E-state index in [-0.39, 0.29) is 11.2 Å². The van der Waals surface area contributed by atoms with Crippen molar-refractivity contribution in [2.75, 3.05) is 18.5 Å². The van der Waals surface area contributed by atoms with E-state index >= 15 is 0 Å². The first kappa shape index (κ1) is 11.7. The predicted molar refractivity (Wildman–Crippen MR) is 59.8 cm³/mol. The first-order chi connectivity index (χ1) is 7.02. The van der Waals surface area contributed by atoms with Crippen molar-refractivity contribution < 1.29 is 0 Å². The van der Waals surface area contributed by atoms with Gasteiger partial charge in [-0.1, -0.05) is 0 Å². The van der Waals surface area contributed by atoms with Crippen molar-refractivity contribution in [2.24, 2.45) is 5.92 Å². The van der Waals surface area contributed by atoms with Crippen LogP contribution >= 0.6 is 11.6 Å². The van der Waals surface area contributed by atoms with Crippen molar-refractivity contribution in [3.05, 3.63) is 17.0 Å². The number of hydrogen-bond donors (Lipinski definition) is 0. The molecule has 0 aromatic carbocycles. The van der Waals surface area contributed by atoms with Gasteiger partial charge in [0, 0.05) is 25.4 Å². The molecule has 4 nitrogen and oxygen atoms in total. The summed E-state index contributed by atoms with van der Waals surface area (Å²) in [5.41, 5.74) is 0.821. The molecule has 0 aliphatic rings. The van der Waals surface area contributed by atoms with Crippen molar-refractivity contribution in [2.45, 2.75) is 13.8 Å². The number of nitrogens with zero attached hydrogens (tertiary/aromatic N) is 4. The van der Waals surface area contributed by atoms with Crippen LogP contribution in [-0.4, -0.2) is 23.6 Å². The molecule has 1 aromatic heterocycles. The Hall–Kier alpha value is -1.34. The minimum absolute atomic E-state index is 0.0379. The molecule has 0 aliphatic carbocycles. The molecule has 0 saturated heterocycles. The van der Waals surface area contributed by atoms with Crippen LogP contribution in [0, 0.1) is 24.2 Å². The van der Waals surface area contributed by atoms with Gasteiger partial charge < -0.3 is 4.90 Å². The first-order valence-corrected chi connectivity index (χ1v) is 5.02. The van der Waals surface area contributed by atoms with Crippen LogP contribution in [0.2, 0.25) is 5.28 Å². The highest BCUT2D eigenvalue weighted by Gasteiger charge is 2.09. The second-order valence-corrected chi connectivity index (χ2v) is 3.89. The lowest BCUT2D eigenvalue weighted by Gasteiger charge is -2.19. The zero-order valence-corrected chi connectivity index (χ0v) is 9.78. The average Bonchev–Trinajstić information content (AvgIpc) is 2.16. The van der Waals surface area contributed by atoms with Crippen LogP contribution in [0.5, 0.6) is 0 Å². The zero-order chi connectivity index (χ0) is 11.4. The summed E-state index contributed by atoms with van der Waals surface area (Å²) >= 11 is 5.75. The van der Waals surface area contributed by atoms with E-state index in [9.17, 15) is 0 Å². The van der Waals surface area contributed by atoms with Gasteiger partial charge in [0.05, 0.1) is 12.0 Å². The number of rotatable bonds is 3. The van der Waals surface area contributed by atoms with Crippen LogP contribution in [0.25, 0.3) is 0 Å². The van der Waals surface area contributed by atoms with Gasteiger partial charge in [-0.2, -0.15) is 5.26 Å². The van der Waals surface area contributed by atoms with E-state index < -0.39 is 0 Å². The SMILES string of the molecule is Cc1cc(N(C)CC(C)C#N)nc(Cl)n1. The molecule has 1 rings (SSSR count). The molecule has 0 N–H and O–H groups in total. The van der Waals surface area contributed by atoms with Crippen LogP contribution in [0.4, 0.5) is 5.82 Å². The minimum atomic E-state index is -0.0379. The highest BCUT2D eigenvalue weighted by atomic mass is 35.5. The third-order valence-corrected chi connectivity index (χ3v) is 2.14. The van der Waals surface area contributed by atoms with E-state index in [1.807, 2.05) is 31.9 Å². The fraction of sp³-hybridized carbons (Fsp3) is 0.500. The van der Waals surface area contributed by atoms with E-state index in [0.717, 1.165) is 11.5 Å². The molecule has 1 unspecified atom stereocenters. The Labute approximate surface area is 94.5 Å². The Morgan fingerprint density at radius 1 is 1.60 bits per heavy atom. The van der Waals surface area contributed by atoms with Gasteiger partial charge in [0.15, 0.2) is 0 Å². The summed E-state index contributed by atoms with van der Waals surface area (Å²) < 4.78 is 0. The number of hydrogen-bond acceptors (Lipinski definition) is 4. The Balaban J connectivity index is 2.82. The summed E-state index contributed by atoms with van der Waals surface area (Å²) in [6, 6.07) is 4.02. The maximum absolute atomic E-state index is 8.70. The first-order valence-electron chi connectivity index (χ1n) is 4.65. The molecule has 0 amide bonds. The Bertz CT molecular complexity index is 365. The fourth-order valence-corrected chi connectivity index (χ4v) is 1.48.